The number of carbonyl (C=O) groups excluding carboxylic acids is 3. The molecule has 17 nitrogen and oxygen atoms in total. The number of halogens is 3. The number of aromatic nitrogens is 8. The second kappa shape index (κ2) is 23.0. The van der Waals surface area contributed by atoms with Crippen LogP contribution in [0.15, 0.2) is 112 Å². The number of benzene rings is 4. The molecule has 20 heteroatoms. The first kappa shape index (κ1) is 48.8. The Morgan fingerprint density at radius 1 is 0.667 bits per heavy atom. The Hall–Kier alpha value is -6.62. The number of nitrogens with one attached hydrogen (secondary N) is 1. The van der Waals surface area contributed by atoms with Crippen LogP contribution in [0, 0.1) is 13.8 Å². The first-order valence-electron chi connectivity index (χ1n) is 21.1. The highest BCUT2D eigenvalue weighted by molar-refractivity contribution is 6.31. The van der Waals surface area contributed by atoms with Crippen molar-refractivity contribution in [3.05, 3.63) is 130 Å². The molecule has 0 bridgehead atoms. The van der Waals surface area contributed by atoms with Gasteiger partial charge in [0.25, 0.3) is 17.9 Å². The molecule has 2 aliphatic rings. The minimum atomic E-state index is -0.0281. The van der Waals surface area contributed by atoms with Crippen LogP contribution in [-0.2, 0) is 9.59 Å². The lowest BCUT2D eigenvalue weighted by atomic mass is 10.1. The fourth-order valence-electron chi connectivity index (χ4n) is 7.32. The van der Waals surface area contributed by atoms with Crippen molar-refractivity contribution in [2.45, 2.75) is 52.6 Å². The van der Waals surface area contributed by atoms with Crippen LogP contribution in [0.3, 0.4) is 0 Å². The van der Waals surface area contributed by atoms with E-state index in [4.69, 9.17) is 41.6 Å². The molecular weight excluding hydrogens is 907 g/mol. The number of hydrogen-bond acceptors (Lipinski definition) is 14. The summed E-state index contributed by atoms with van der Waals surface area (Å²) in [6.07, 6.45) is 8.69. The van der Waals surface area contributed by atoms with Crippen LogP contribution >= 0.6 is 35.6 Å². The van der Waals surface area contributed by atoms with Crippen LogP contribution in [0.1, 0.15) is 48.2 Å². The number of hydrogen-bond donors (Lipinski definition) is 1. The van der Waals surface area contributed by atoms with E-state index in [2.05, 4.69) is 66.3 Å². The van der Waals surface area contributed by atoms with E-state index in [1.54, 1.807) is 41.7 Å². The van der Waals surface area contributed by atoms with Crippen LogP contribution < -0.4 is 15.1 Å². The first-order chi connectivity index (χ1) is 31.5. The molecule has 0 radical (unpaired) electrons. The highest BCUT2D eigenvalue weighted by Gasteiger charge is 2.29. The number of carbonyl (C=O) groups is 1. The second-order valence-electron chi connectivity index (χ2n) is 15.5. The summed E-state index contributed by atoms with van der Waals surface area (Å²) in [5.41, 5.74) is 7.56. The van der Waals surface area contributed by atoms with Gasteiger partial charge in [0.05, 0.1) is 41.7 Å². The predicted octanol–water partition coefficient (Wildman–Crippen LogP) is 8.19. The van der Waals surface area contributed by atoms with Crippen molar-refractivity contribution in [3.8, 4) is 11.4 Å². The molecule has 2 fully saturated rings. The summed E-state index contributed by atoms with van der Waals surface area (Å²) in [4.78, 5) is 48.3. The summed E-state index contributed by atoms with van der Waals surface area (Å²) < 4.78 is 11.7. The molecule has 0 saturated carbocycles. The van der Waals surface area contributed by atoms with Crippen LogP contribution in [0.4, 0.5) is 12.0 Å². The summed E-state index contributed by atoms with van der Waals surface area (Å²) in [5.74, 6) is -0.0281. The minimum Gasteiger partial charge on any atom is -0.423 e. The van der Waals surface area contributed by atoms with Gasteiger partial charge in [-0.15, -0.1) is 12.4 Å². The number of aryl methyl sites for hydroxylation is 2. The average Bonchev–Trinajstić information content (AvgIpc) is 4.13. The maximum atomic E-state index is 13.6. The number of rotatable bonds is 5. The summed E-state index contributed by atoms with van der Waals surface area (Å²) in [7, 11) is 0. The largest absolute Gasteiger partial charge is 0.423 e. The van der Waals surface area contributed by atoms with Crippen LogP contribution in [-0.4, -0.2) is 108 Å². The van der Waals surface area contributed by atoms with Crippen molar-refractivity contribution in [2.75, 3.05) is 49.1 Å². The Kier molecular flexibility index (Phi) is 17.0. The molecule has 66 heavy (non-hydrogen) atoms. The Bertz CT molecular complexity index is 2830. The SMILES string of the molecule is C[C@@H]1CCN(c2nc3cc(Cl)ccc3o2)CCN1.Cc1ccc(-n2nccn2)c(C(=O)N2CCN(c3nc4cc(Cl)ccc4o3)CC[C@H]2C)c1.Cc1ccc(-n2nccn2)cc1.Cl.O=C=O. The lowest BCUT2D eigenvalue weighted by molar-refractivity contribution is -0.191. The summed E-state index contributed by atoms with van der Waals surface area (Å²) >= 11 is 12.0. The Balaban J connectivity index is 0.000000177. The molecular formula is C46H49Cl3N12O5. The second-order valence-corrected chi connectivity index (χ2v) is 16.4. The summed E-state index contributed by atoms with van der Waals surface area (Å²) in [5, 5.41) is 21.2. The maximum absolute atomic E-state index is 13.6. The molecule has 2 aliphatic heterocycles. The van der Waals surface area contributed by atoms with Crippen LogP contribution in [0.25, 0.3) is 33.6 Å². The van der Waals surface area contributed by atoms with Gasteiger partial charge in [-0.25, -0.2) is 0 Å². The zero-order chi connectivity index (χ0) is 45.9. The van der Waals surface area contributed by atoms with E-state index in [1.807, 2.05) is 78.6 Å². The van der Waals surface area contributed by atoms with Crippen molar-refractivity contribution in [3.63, 3.8) is 0 Å². The van der Waals surface area contributed by atoms with Gasteiger partial charge in [0.1, 0.15) is 11.0 Å². The molecule has 10 rings (SSSR count). The Labute approximate surface area is 397 Å². The van der Waals surface area contributed by atoms with E-state index in [0.29, 0.717) is 58.0 Å². The van der Waals surface area contributed by atoms with Gasteiger partial charge >= 0.3 is 6.15 Å². The van der Waals surface area contributed by atoms with E-state index in [-0.39, 0.29) is 30.5 Å². The monoisotopic (exact) mass is 954 g/mol. The predicted molar refractivity (Wildman–Crippen MR) is 254 cm³/mol. The van der Waals surface area contributed by atoms with Crippen molar-refractivity contribution in [1.82, 2.24) is 50.2 Å². The highest BCUT2D eigenvalue weighted by Crippen LogP contribution is 2.28. The fourth-order valence-corrected chi connectivity index (χ4v) is 7.65. The topological polar surface area (TPSA) is 186 Å². The van der Waals surface area contributed by atoms with Crippen LogP contribution in [0.2, 0.25) is 10.0 Å². The van der Waals surface area contributed by atoms with Crippen molar-refractivity contribution in [2.24, 2.45) is 0 Å². The van der Waals surface area contributed by atoms with E-state index >= 15 is 0 Å². The molecule has 0 aliphatic carbocycles. The number of oxazole rings is 2. The molecule has 2 atom stereocenters. The zero-order valence-electron chi connectivity index (χ0n) is 36.8. The van der Waals surface area contributed by atoms with E-state index in [9.17, 15) is 4.79 Å². The number of amides is 1. The van der Waals surface area contributed by atoms with E-state index in [1.165, 1.54) is 10.4 Å². The molecule has 344 valence electrons. The lowest BCUT2D eigenvalue weighted by Gasteiger charge is -2.27. The molecule has 0 unspecified atom stereocenters. The number of anilines is 2. The van der Waals surface area contributed by atoms with Crippen LogP contribution in [0.5, 0.6) is 0 Å². The standard InChI is InChI=1S/C23H23ClN6O2.C13H16ClN3O.C9H9N3.CO2.ClH/c1-15-3-5-20(30-25-8-9-26-30)18(13-15)22(31)29-12-11-28(10-7-16(29)2)23-27-19-14-17(24)4-6-21(19)32-23;1-9-4-6-17(7-5-15-9)13-16-11-8-10(14)2-3-12(11)18-13;1-8-2-4-9(5-3-8)12-10-6-7-11-12;2-1-3;/h3-6,8-9,13-14,16H,7,10-12H2,1-2H3;2-3,8-9,15H,4-7H2,1H3;2-7H,1H3;;1H/t16-;9-;;;/m11.../s1. The van der Waals surface area contributed by atoms with Gasteiger partial charge in [-0.05, 0) is 101 Å². The highest BCUT2D eigenvalue weighted by atomic mass is 35.5. The normalized spacial score (nSPS) is 16.0. The average molecular weight is 956 g/mol. The molecule has 8 aromatic rings. The lowest BCUT2D eigenvalue weighted by Crippen LogP contribution is -2.40. The molecule has 0 spiro atoms. The number of fused-ring (bicyclic) bond motifs is 2. The van der Waals surface area contributed by atoms with Crippen molar-refractivity contribution >= 4 is 81.9 Å². The smallest absolute Gasteiger partial charge is 0.373 e. The molecule has 2 saturated heterocycles. The van der Waals surface area contributed by atoms with Gasteiger partial charge in [-0.1, -0.05) is 52.5 Å². The molecule has 1 N–H and O–H groups in total. The Morgan fingerprint density at radius 3 is 1.79 bits per heavy atom. The van der Waals surface area contributed by atoms with E-state index in [0.717, 1.165) is 66.9 Å². The van der Waals surface area contributed by atoms with E-state index < -0.39 is 0 Å². The molecule has 4 aromatic carbocycles. The quantitative estimate of drug-likeness (QED) is 0.174. The molecule has 4 aromatic heterocycles. The summed E-state index contributed by atoms with van der Waals surface area (Å²) in [6, 6.07) is 26.6. The third-order valence-corrected chi connectivity index (χ3v) is 11.3. The van der Waals surface area contributed by atoms with Gasteiger partial charge in [-0.2, -0.15) is 49.5 Å². The van der Waals surface area contributed by atoms with Gasteiger partial charge in [0, 0.05) is 61.4 Å². The van der Waals surface area contributed by atoms with Gasteiger partial charge in [0.2, 0.25) is 0 Å². The Morgan fingerprint density at radius 2 is 1.20 bits per heavy atom. The molecule has 6 heterocycles. The number of nitrogens with zero attached hydrogens (tertiary/aromatic N) is 11. The minimum absolute atomic E-state index is 0. The van der Waals surface area contributed by atoms with Crippen molar-refractivity contribution < 1.29 is 23.2 Å². The third-order valence-electron chi connectivity index (χ3n) is 10.8. The fraction of sp³-hybridized carbons (Fsp3) is 0.304. The molecule has 1 amide bonds. The third kappa shape index (κ3) is 12.4. The van der Waals surface area contributed by atoms with Gasteiger partial charge in [-0.3, -0.25) is 4.79 Å². The van der Waals surface area contributed by atoms with Gasteiger partial charge < -0.3 is 28.9 Å². The summed E-state index contributed by atoms with van der Waals surface area (Å²) in [6.45, 7) is 13.1. The van der Waals surface area contributed by atoms with Gasteiger partial charge in [0.15, 0.2) is 11.2 Å². The zero-order valence-corrected chi connectivity index (χ0v) is 39.1. The first-order valence-corrected chi connectivity index (χ1v) is 21.8. The van der Waals surface area contributed by atoms with Crippen molar-refractivity contribution in [1.29, 1.82) is 0 Å². The maximum Gasteiger partial charge on any atom is 0.373 e.